The Kier molecular flexibility index (Phi) is 5.98. The van der Waals surface area contributed by atoms with Crippen molar-refractivity contribution < 1.29 is 18.3 Å². The highest BCUT2D eigenvalue weighted by molar-refractivity contribution is 9.10. The van der Waals surface area contributed by atoms with Gasteiger partial charge in [0.05, 0.1) is 16.6 Å². The number of hydrogen-bond donors (Lipinski definition) is 1. The zero-order valence-electron chi connectivity index (χ0n) is 16.1. The fraction of sp³-hybridized carbons (Fsp3) is 0.286. The molecule has 0 bridgehead atoms. The van der Waals surface area contributed by atoms with Gasteiger partial charge in [0, 0.05) is 10.5 Å². The molecule has 0 saturated heterocycles. The molecule has 2 aromatic rings. The Morgan fingerprint density at radius 1 is 1.10 bits per heavy atom. The van der Waals surface area contributed by atoms with Crippen LogP contribution in [0.5, 0.6) is 0 Å². The number of hydrogen-bond acceptors (Lipinski definition) is 3. The van der Waals surface area contributed by atoms with Crippen molar-refractivity contribution in [3.05, 3.63) is 75.2 Å². The maximum Gasteiger partial charge on any atom is 0.333 e. The predicted octanol–water partition coefficient (Wildman–Crippen LogP) is 5.27. The van der Waals surface area contributed by atoms with Crippen molar-refractivity contribution in [3.8, 4) is 0 Å². The van der Waals surface area contributed by atoms with Gasteiger partial charge in [0.2, 0.25) is 10.0 Å². The fourth-order valence-electron chi connectivity index (χ4n) is 3.48. The van der Waals surface area contributed by atoms with Gasteiger partial charge < -0.3 is 5.11 Å². The smallest absolute Gasteiger partial charge is 0.333 e. The number of carbonyl (C=O) groups is 1. The fourth-order valence-corrected chi connectivity index (χ4v) is 6.15. The first-order chi connectivity index (χ1) is 13.4. The van der Waals surface area contributed by atoms with Crippen LogP contribution in [0.3, 0.4) is 0 Å². The highest BCUT2D eigenvalue weighted by Crippen LogP contribution is 2.46. The molecule has 2 aromatic carbocycles. The van der Waals surface area contributed by atoms with E-state index < -0.39 is 33.5 Å². The molecule has 5 nitrogen and oxygen atoms in total. The average Bonchev–Trinajstić information content (AvgIpc) is 3.04. The maximum absolute atomic E-state index is 13.7. The monoisotopic (exact) mass is 497 g/mol. The largest absolute Gasteiger partial charge is 0.478 e. The lowest BCUT2D eigenvalue weighted by atomic mass is 9.87. The summed E-state index contributed by atoms with van der Waals surface area (Å²) in [4.78, 5) is 12.0. The van der Waals surface area contributed by atoms with E-state index in [0.717, 1.165) is 4.47 Å². The third-order valence-corrected chi connectivity index (χ3v) is 7.75. The second kappa shape index (κ2) is 7.87. The Labute approximate surface area is 184 Å². The van der Waals surface area contributed by atoms with Gasteiger partial charge in [-0.05, 0) is 35.2 Å². The lowest BCUT2D eigenvalue weighted by Gasteiger charge is -2.37. The summed E-state index contributed by atoms with van der Waals surface area (Å²) in [7, 11) is -4.10. The zero-order valence-corrected chi connectivity index (χ0v) is 19.3. The quantitative estimate of drug-likeness (QED) is 0.623. The molecule has 0 aromatic heterocycles. The summed E-state index contributed by atoms with van der Waals surface area (Å²) in [5.74, 6) is -1.15. The van der Waals surface area contributed by atoms with Crippen LogP contribution in [0, 0.1) is 5.41 Å². The van der Waals surface area contributed by atoms with Crippen molar-refractivity contribution in [1.82, 2.24) is 4.31 Å². The molecule has 2 atom stereocenters. The highest BCUT2D eigenvalue weighted by Gasteiger charge is 2.49. The van der Waals surface area contributed by atoms with E-state index in [1.807, 2.05) is 20.8 Å². The van der Waals surface area contributed by atoms with E-state index in [-0.39, 0.29) is 15.5 Å². The molecule has 1 unspecified atom stereocenters. The molecular formula is C21H21BrClNO4S. The second-order valence-electron chi connectivity index (χ2n) is 7.96. The van der Waals surface area contributed by atoms with E-state index in [0.29, 0.717) is 5.56 Å². The molecule has 1 heterocycles. The molecular weight excluding hydrogens is 478 g/mol. The van der Waals surface area contributed by atoms with Gasteiger partial charge in [0.1, 0.15) is 4.90 Å². The van der Waals surface area contributed by atoms with Crippen molar-refractivity contribution in [2.75, 3.05) is 0 Å². The van der Waals surface area contributed by atoms with Crippen LogP contribution in [-0.2, 0) is 14.8 Å². The lowest BCUT2D eigenvalue weighted by molar-refractivity contribution is -0.133. The molecule has 0 aliphatic carbocycles. The van der Waals surface area contributed by atoms with Crippen LogP contribution in [0.2, 0.25) is 5.02 Å². The lowest BCUT2D eigenvalue weighted by Crippen LogP contribution is -2.45. The normalized spacial score (nSPS) is 20.5. The summed E-state index contributed by atoms with van der Waals surface area (Å²) in [6.07, 6.45) is 1.55. The van der Waals surface area contributed by atoms with Crippen LogP contribution in [0.1, 0.15) is 32.4 Å². The van der Waals surface area contributed by atoms with E-state index in [2.05, 4.69) is 15.9 Å². The Morgan fingerprint density at radius 2 is 1.69 bits per heavy atom. The van der Waals surface area contributed by atoms with Crippen LogP contribution in [0.4, 0.5) is 0 Å². The third kappa shape index (κ3) is 4.14. The van der Waals surface area contributed by atoms with Gasteiger partial charge in [0.15, 0.2) is 0 Å². The summed E-state index contributed by atoms with van der Waals surface area (Å²) < 4.78 is 29.6. The summed E-state index contributed by atoms with van der Waals surface area (Å²) >= 11 is 9.58. The standard InChI is InChI=1S/C21H21BrClNO4S/c1-21(2,3)18-12-15(20(25)26)19(13-8-10-14(22)11-9-13)24(18)29(27,28)17-7-5-4-6-16(17)23/h4-12,18-19H,1-3H3,(H,25,26)/t18?,19-/m0/s1. The van der Waals surface area contributed by atoms with Gasteiger partial charge >= 0.3 is 5.97 Å². The summed E-state index contributed by atoms with van der Waals surface area (Å²) in [5.41, 5.74) is 0.0613. The Morgan fingerprint density at radius 3 is 2.21 bits per heavy atom. The molecule has 0 spiro atoms. The summed E-state index contributed by atoms with van der Waals surface area (Å²) in [5, 5.41) is 9.96. The first kappa shape index (κ1) is 22.0. The van der Waals surface area contributed by atoms with E-state index in [1.165, 1.54) is 16.4 Å². The van der Waals surface area contributed by atoms with Crippen molar-refractivity contribution in [1.29, 1.82) is 0 Å². The Bertz CT molecular complexity index is 1070. The van der Waals surface area contributed by atoms with Gasteiger partial charge in [-0.1, -0.05) is 78.6 Å². The molecule has 0 amide bonds. The minimum Gasteiger partial charge on any atom is -0.478 e. The van der Waals surface area contributed by atoms with Gasteiger partial charge in [-0.15, -0.1) is 0 Å². The molecule has 154 valence electrons. The second-order valence-corrected chi connectivity index (χ2v) is 11.1. The van der Waals surface area contributed by atoms with Crippen molar-refractivity contribution in [2.45, 2.75) is 37.8 Å². The minimum absolute atomic E-state index is 0.0304. The highest BCUT2D eigenvalue weighted by atomic mass is 79.9. The number of carboxylic acids is 1. The van der Waals surface area contributed by atoms with Gasteiger partial charge in [-0.3, -0.25) is 0 Å². The van der Waals surface area contributed by atoms with Crippen LogP contribution in [-0.4, -0.2) is 29.8 Å². The molecule has 3 rings (SSSR count). The van der Waals surface area contributed by atoms with Crippen LogP contribution < -0.4 is 0 Å². The van der Waals surface area contributed by atoms with Crippen LogP contribution in [0.15, 0.2) is 69.5 Å². The number of carboxylic acid groups (broad SMARTS) is 1. The molecule has 1 N–H and O–H groups in total. The summed E-state index contributed by atoms with van der Waals surface area (Å²) in [6, 6.07) is 11.6. The average molecular weight is 499 g/mol. The van der Waals surface area contributed by atoms with E-state index >= 15 is 0 Å². The van der Waals surface area contributed by atoms with E-state index in [1.54, 1.807) is 42.5 Å². The molecule has 8 heteroatoms. The van der Waals surface area contributed by atoms with E-state index in [4.69, 9.17) is 11.6 Å². The van der Waals surface area contributed by atoms with Gasteiger partial charge in [-0.2, -0.15) is 4.31 Å². The molecule has 0 saturated carbocycles. The predicted molar refractivity (Wildman–Crippen MR) is 116 cm³/mol. The summed E-state index contributed by atoms with van der Waals surface area (Å²) in [6.45, 7) is 5.64. The molecule has 0 radical (unpaired) electrons. The molecule has 0 fully saturated rings. The number of sulfonamides is 1. The molecule has 1 aliphatic heterocycles. The van der Waals surface area contributed by atoms with Crippen molar-refractivity contribution >= 4 is 43.5 Å². The van der Waals surface area contributed by atoms with Crippen molar-refractivity contribution in [2.24, 2.45) is 5.41 Å². The number of halogens is 2. The first-order valence-corrected chi connectivity index (χ1v) is 11.5. The molecule has 29 heavy (non-hydrogen) atoms. The Hall–Kier alpha value is -1.67. The Balaban J connectivity index is 2.27. The van der Waals surface area contributed by atoms with Gasteiger partial charge in [-0.25, -0.2) is 13.2 Å². The van der Waals surface area contributed by atoms with E-state index in [9.17, 15) is 18.3 Å². The third-order valence-electron chi connectivity index (χ3n) is 4.87. The zero-order chi connectivity index (χ0) is 21.6. The first-order valence-electron chi connectivity index (χ1n) is 8.93. The molecule has 1 aliphatic rings. The SMILES string of the molecule is CC(C)(C)C1C=C(C(=O)O)[C@H](c2ccc(Br)cc2)N1S(=O)(=O)c1ccccc1Cl. The number of nitrogens with zero attached hydrogens (tertiary/aromatic N) is 1. The van der Waals surface area contributed by atoms with Crippen LogP contribution >= 0.6 is 27.5 Å². The van der Waals surface area contributed by atoms with Gasteiger partial charge in [0.25, 0.3) is 0 Å². The topological polar surface area (TPSA) is 74.7 Å². The maximum atomic E-state index is 13.7. The van der Waals surface area contributed by atoms with Crippen LogP contribution in [0.25, 0.3) is 0 Å². The number of aliphatic carboxylic acids is 1. The van der Waals surface area contributed by atoms with Crippen molar-refractivity contribution in [3.63, 3.8) is 0 Å². The minimum atomic E-state index is -4.10. The number of rotatable bonds is 4. The number of benzene rings is 2.